The third-order valence-electron chi connectivity index (χ3n) is 3.01. The van der Waals surface area contributed by atoms with Crippen LogP contribution in [0.15, 0.2) is 46.9 Å². The van der Waals surface area contributed by atoms with Crippen LogP contribution in [0.5, 0.6) is 0 Å². The van der Waals surface area contributed by atoms with Gasteiger partial charge in [0.05, 0.1) is 5.60 Å². The fourth-order valence-corrected chi connectivity index (χ4v) is 2.38. The molecule has 0 radical (unpaired) electrons. The molecule has 2 rings (SSSR count). The molecule has 100 valence electrons. The van der Waals surface area contributed by atoms with Crippen LogP contribution in [0.1, 0.15) is 18.1 Å². The van der Waals surface area contributed by atoms with Crippen molar-refractivity contribution in [2.45, 2.75) is 18.9 Å². The predicted octanol–water partition coefficient (Wildman–Crippen LogP) is 4.18. The zero-order valence-corrected chi connectivity index (χ0v) is 11.9. The summed E-state index contributed by atoms with van der Waals surface area (Å²) in [4.78, 5) is 0. The smallest absolute Gasteiger partial charge is 0.162 e. The molecule has 1 nitrogen and oxygen atoms in total. The number of hydrogen-bond donors (Lipinski definition) is 1. The summed E-state index contributed by atoms with van der Waals surface area (Å²) < 4.78 is 27.6. The van der Waals surface area contributed by atoms with E-state index in [2.05, 4.69) is 15.9 Å². The summed E-state index contributed by atoms with van der Waals surface area (Å²) in [5.74, 6) is -1.81. The van der Waals surface area contributed by atoms with Gasteiger partial charge in [0.2, 0.25) is 0 Å². The molecule has 0 saturated carbocycles. The molecule has 0 spiro atoms. The molecule has 0 amide bonds. The largest absolute Gasteiger partial charge is 0.385 e. The van der Waals surface area contributed by atoms with E-state index in [0.717, 1.165) is 10.5 Å². The number of hydrogen-bond acceptors (Lipinski definition) is 1. The number of benzene rings is 2. The second-order valence-corrected chi connectivity index (χ2v) is 5.59. The molecule has 0 aliphatic heterocycles. The van der Waals surface area contributed by atoms with Gasteiger partial charge in [-0.1, -0.05) is 40.2 Å². The maximum Gasteiger partial charge on any atom is 0.162 e. The molecule has 1 atom stereocenters. The third kappa shape index (κ3) is 3.19. The first kappa shape index (κ1) is 14.2. The Morgan fingerprint density at radius 2 is 1.84 bits per heavy atom. The van der Waals surface area contributed by atoms with Crippen molar-refractivity contribution < 1.29 is 13.9 Å². The summed E-state index contributed by atoms with van der Waals surface area (Å²) in [6.45, 7) is 1.58. The highest BCUT2D eigenvalue weighted by atomic mass is 79.9. The molecule has 0 heterocycles. The van der Waals surface area contributed by atoms with Gasteiger partial charge in [-0.2, -0.15) is 0 Å². The maximum atomic E-state index is 13.6. The average Bonchev–Trinajstić information content (AvgIpc) is 2.35. The van der Waals surface area contributed by atoms with Crippen molar-refractivity contribution in [1.29, 1.82) is 0 Å². The summed E-state index contributed by atoms with van der Waals surface area (Å²) in [5.41, 5.74) is -0.464. The second kappa shape index (κ2) is 5.39. The van der Waals surface area contributed by atoms with E-state index in [1.807, 2.05) is 6.07 Å². The van der Waals surface area contributed by atoms with E-state index >= 15 is 0 Å². The minimum Gasteiger partial charge on any atom is -0.385 e. The average molecular weight is 327 g/mol. The molecular formula is C15H13BrF2O. The van der Waals surface area contributed by atoms with Crippen LogP contribution < -0.4 is 0 Å². The fourth-order valence-electron chi connectivity index (χ4n) is 1.98. The van der Waals surface area contributed by atoms with Crippen LogP contribution in [0.3, 0.4) is 0 Å². The van der Waals surface area contributed by atoms with Crippen LogP contribution in [-0.4, -0.2) is 5.11 Å². The van der Waals surface area contributed by atoms with E-state index in [4.69, 9.17) is 0 Å². The molecule has 2 aromatic carbocycles. The van der Waals surface area contributed by atoms with Gasteiger partial charge in [-0.3, -0.25) is 0 Å². The van der Waals surface area contributed by atoms with Crippen molar-refractivity contribution in [3.8, 4) is 0 Å². The Morgan fingerprint density at radius 1 is 1.16 bits per heavy atom. The normalized spacial score (nSPS) is 14.2. The number of aliphatic hydroxyl groups is 1. The van der Waals surface area contributed by atoms with Gasteiger partial charge in [0.15, 0.2) is 11.6 Å². The third-order valence-corrected chi connectivity index (χ3v) is 3.51. The Kier molecular flexibility index (Phi) is 4.02. The van der Waals surface area contributed by atoms with Crippen molar-refractivity contribution >= 4 is 15.9 Å². The van der Waals surface area contributed by atoms with Gasteiger partial charge in [0, 0.05) is 10.9 Å². The lowest BCUT2D eigenvalue weighted by Crippen LogP contribution is -2.25. The van der Waals surface area contributed by atoms with Gasteiger partial charge < -0.3 is 5.11 Å². The van der Waals surface area contributed by atoms with E-state index in [0.29, 0.717) is 5.56 Å². The molecule has 0 fully saturated rings. The number of rotatable bonds is 3. The topological polar surface area (TPSA) is 20.2 Å². The van der Waals surface area contributed by atoms with Gasteiger partial charge in [-0.15, -0.1) is 0 Å². The van der Waals surface area contributed by atoms with Crippen molar-refractivity contribution in [3.05, 3.63) is 69.7 Å². The van der Waals surface area contributed by atoms with E-state index in [-0.39, 0.29) is 12.0 Å². The minimum atomic E-state index is -1.27. The highest BCUT2D eigenvalue weighted by Crippen LogP contribution is 2.28. The first-order valence-corrected chi connectivity index (χ1v) is 6.61. The molecule has 1 unspecified atom stereocenters. The summed E-state index contributed by atoms with van der Waals surface area (Å²) in [6, 6.07) is 11.1. The SMILES string of the molecule is CC(O)(Cc1cccc(F)c1F)c1cccc(Br)c1. The van der Waals surface area contributed by atoms with Crippen molar-refractivity contribution in [3.63, 3.8) is 0 Å². The van der Waals surface area contributed by atoms with Crippen LogP contribution in [0.4, 0.5) is 8.78 Å². The molecule has 4 heteroatoms. The monoisotopic (exact) mass is 326 g/mol. The molecule has 0 aliphatic rings. The van der Waals surface area contributed by atoms with E-state index in [1.165, 1.54) is 12.1 Å². The maximum absolute atomic E-state index is 13.6. The van der Waals surface area contributed by atoms with Crippen LogP contribution >= 0.6 is 15.9 Å². The first-order chi connectivity index (χ1) is 8.90. The molecule has 0 aliphatic carbocycles. The summed E-state index contributed by atoms with van der Waals surface area (Å²) in [7, 11) is 0. The Labute approximate surface area is 119 Å². The fraction of sp³-hybridized carbons (Fsp3) is 0.200. The standard InChI is InChI=1S/C15H13BrF2O/c1-15(19,11-5-3-6-12(16)8-11)9-10-4-2-7-13(17)14(10)18/h2-8,19H,9H2,1H3. The minimum absolute atomic E-state index is 0.00699. The Balaban J connectivity index is 2.33. The Hall–Kier alpha value is -1.26. The van der Waals surface area contributed by atoms with E-state index in [1.54, 1.807) is 25.1 Å². The Morgan fingerprint density at radius 3 is 2.53 bits per heavy atom. The second-order valence-electron chi connectivity index (χ2n) is 4.67. The van der Waals surface area contributed by atoms with Gasteiger partial charge >= 0.3 is 0 Å². The number of halogens is 3. The van der Waals surface area contributed by atoms with Crippen molar-refractivity contribution in [2.24, 2.45) is 0 Å². The van der Waals surface area contributed by atoms with Crippen LogP contribution in [0, 0.1) is 11.6 Å². The molecule has 0 bridgehead atoms. The summed E-state index contributed by atoms with van der Waals surface area (Å²) in [6.07, 6.45) is 0.00699. The molecular weight excluding hydrogens is 314 g/mol. The summed E-state index contributed by atoms with van der Waals surface area (Å²) in [5, 5.41) is 10.5. The quantitative estimate of drug-likeness (QED) is 0.897. The molecule has 0 aromatic heterocycles. The zero-order valence-electron chi connectivity index (χ0n) is 10.3. The van der Waals surface area contributed by atoms with Crippen LogP contribution in [0.2, 0.25) is 0 Å². The van der Waals surface area contributed by atoms with Crippen LogP contribution in [0.25, 0.3) is 0 Å². The highest BCUT2D eigenvalue weighted by molar-refractivity contribution is 9.10. The highest BCUT2D eigenvalue weighted by Gasteiger charge is 2.25. The van der Waals surface area contributed by atoms with E-state index < -0.39 is 17.2 Å². The lowest BCUT2D eigenvalue weighted by atomic mass is 9.89. The predicted molar refractivity (Wildman–Crippen MR) is 73.8 cm³/mol. The van der Waals surface area contributed by atoms with Gasteiger partial charge in [0.1, 0.15) is 0 Å². The van der Waals surface area contributed by atoms with E-state index in [9.17, 15) is 13.9 Å². The lowest BCUT2D eigenvalue weighted by Gasteiger charge is -2.24. The summed E-state index contributed by atoms with van der Waals surface area (Å²) >= 11 is 3.32. The van der Waals surface area contributed by atoms with Gasteiger partial charge in [-0.25, -0.2) is 8.78 Å². The van der Waals surface area contributed by atoms with Crippen molar-refractivity contribution in [1.82, 2.24) is 0 Å². The molecule has 2 aromatic rings. The van der Waals surface area contributed by atoms with Gasteiger partial charge in [-0.05, 0) is 36.2 Å². The molecule has 0 saturated heterocycles. The van der Waals surface area contributed by atoms with Crippen LogP contribution in [-0.2, 0) is 12.0 Å². The van der Waals surface area contributed by atoms with Gasteiger partial charge in [0.25, 0.3) is 0 Å². The molecule has 19 heavy (non-hydrogen) atoms. The Bertz CT molecular complexity index is 596. The van der Waals surface area contributed by atoms with Crippen molar-refractivity contribution in [2.75, 3.05) is 0 Å². The lowest BCUT2D eigenvalue weighted by molar-refractivity contribution is 0.0565. The zero-order chi connectivity index (χ0) is 14.0. The molecule has 1 N–H and O–H groups in total. The first-order valence-electron chi connectivity index (χ1n) is 5.81.